The summed E-state index contributed by atoms with van der Waals surface area (Å²) in [5.41, 5.74) is 0.852. The van der Waals surface area contributed by atoms with E-state index in [0.717, 1.165) is 18.4 Å². The minimum absolute atomic E-state index is 0.0145. The number of para-hydroxylation sites is 1. The molecule has 4 heteroatoms. The summed E-state index contributed by atoms with van der Waals surface area (Å²) in [6.07, 6.45) is 10.7. The van der Waals surface area contributed by atoms with Crippen molar-refractivity contribution in [1.82, 2.24) is 0 Å². The van der Waals surface area contributed by atoms with E-state index >= 15 is 0 Å². The summed E-state index contributed by atoms with van der Waals surface area (Å²) in [4.78, 5) is 0. The van der Waals surface area contributed by atoms with Crippen LogP contribution in [0.25, 0.3) is 0 Å². The molecule has 20 heavy (non-hydrogen) atoms. The zero-order valence-electron chi connectivity index (χ0n) is 11.8. The lowest BCUT2D eigenvalue weighted by molar-refractivity contribution is 0.398. The molecule has 0 fully saturated rings. The maximum Gasteiger partial charge on any atom is 0.160 e. The molecule has 2 N–H and O–H groups in total. The lowest BCUT2D eigenvalue weighted by Gasteiger charge is -2.06. The van der Waals surface area contributed by atoms with Crippen LogP contribution in [0.1, 0.15) is 56.9 Å². The number of phenols is 2. The fourth-order valence-electron chi connectivity index (χ4n) is 2.28. The van der Waals surface area contributed by atoms with E-state index in [1.807, 2.05) is 6.07 Å². The second-order valence-corrected chi connectivity index (χ2v) is 8.63. The Hall–Kier alpha value is -0.220. The van der Waals surface area contributed by atoms with Crippen molar-refractivity contribution in [3.8, 4) is 11.5 Å². The van der Waals surface area contributed by atoms with Crippen molar-refractivity contribution in [3.05, 3.63) is 23.8 Å². The quantitative estimate of drug-likeness (QED) is 0.289. The van der Waals surface area contributed by atoms with Crippen LogP contribution in [-0.2, 0) is 6.42 Å². The van der Waals surface area contributed by atoms with Crippen LogP contribution in [0.2, 0.25) is 0 Å². The second kappa shape index (κ2) is 10.5. The van der Waals surface area contributed by atoms with Crippen LogP contribution in [0.15, 0.2) is 18.2 Å². The third-order valence-corrected chi connectivity index (χ3v) is 4.38. The first-order chi connectivity index (χ1) is 9.61. The highest BCUT2D eigenvalue weighted by molar-refractivity contribution is 9.24. The average molecular weight is 408 g/mol. The predicted octanol–water partition coefficient (Wildman–Crippen LogP) is 5.88. The number of aryl methyl sites for hydroxylation is 1. The summed E-state index contributed by atoms with van der Waals surface area (Å²) in [6, 6.07) is 5.18. The van der Waals surface area contributed by atoms with E-state index in [4.69, 9.17) is 0 Å². The minimum Gasteiger partial charge on any atom is -0.504 e. The van der Waals surface area contributed by atoms with Gasteiger partial charge in [0.1, 0.15) is 0 Å². The summed E-state index contributed by atoms with van der Waals surface area (Å²) < 4.78 is 0.463. The van der Waals surface area contributed by atoms with E-state index in [1.54, 1.807) is 6.07 Å². The molecule has 0 saturated heterocycles. The first kappa shape index (κ1) is 17.8. The van der Waals surface area contributed by atoms with Crippen molar-refractivity contribution in [2.75, 3.05) is 0 Å². The fraction of sp³-hybridized carbons (Fsp3) is 0.625. The lowest BCUT2D eigenvalue weighted by Crippen LogP contribution is -1.88. The number of phenolic OH excluding ortho intramolecular Hbond substituents is 2. The zero-order chi connectivity index (χ0) is 14.8. The molecule has 0 aliphatic heterocycles. The Morgan fingerprint density at radius 1 is 0.850 bits per heavy atom. The van der Waals surface area contributed by atoms with Gasteiger partial charge in [0.2, 0.25) is 0 Å². The number of aromatic hydroxyl groups is 2. The van der Waals surface area contributed by atoms with Gasteiger partial charge >= 0.3 is 0 Å². The van der Waals surface area contributed by atoms with Crippen LogP contribution in [0, 0.1) is 0 Å². The van der Waals surface area contributed by atoms with Crippen molar-refractivity contribution in [3.63, 3.8) is 0 Å². The van der Waals surface area contributed by atoms with E-state index in [2.05, 4.69) is 31.9 Å². The molecule has 1 aromatic rings. The van der Waals surface area contributed by atoms with Crippen molar-refractivity contribution in [1.29, 1.82) is 0 Å². The Morgan fingerprint density at radius 3 is 2.10 bits per heavy atom. The molecule has 0 aromatic heterocycles. The molecular formula is C16H24Br2O2. The molecule has 0 heterocycles. The number of alkyl halides is 2. The van der Waals surface area contributed by atoms with Crippen molar-refractivity contribution < 1.29 is 10.2 Å². The number of benzene rings is 1. The Labute approximate surface area is 138 Å². The second-order valence-electron chi connectivity index (χ2n) is 5.19. The topological polar surface area (TPSA) is 40.5 Å². The molecule has 0 radical (unpaired) electrons. The molecule has 0 spiro atoms. The molecular weight excluding hydrogens is 384 g/mol. The standard InChI is InChI=1S/C16H24Br2O2/c17-15(18)12-7-5-3-1-2-4-6-9-13-10-8-11-14(19)16(13)20/h8,10-11,15,19-20H,1-7,9,12H2. The molecule has 0 bridgehead atoms. The molecule has 0 unspecified atom stereocenters. The molecule has 1 aromatic carbocycles. The van der Waals surface area contributed by atoms with Gasteiger partial charge in [0.05, 0.1) is 3.74 Å². The number of halogens is 2. The fourth-order valence-corrected chi connectivity index (χ4v) is 2.92. The van der Waals surface area contributed by atoms with Crippen LogP contribution in [0.5, 0.6) is 11.5 Å². The van der Waals surface area contributed by atoms with Crippen LogP contribution in [-0.4, -0.2) is 13.9 Å². The predicted molar refractivity (Wildman–Crippen MR) is 92.1 cm³/mol. The first-order valence-corrected chi connectivity index (χ1v) is 9.22. The lowest BCUT2D eigenvalue weighted by atomic mass is 10.0. The highest BCUT2D eigenvalue weighted by Crippen LogP contribution is 2.29. The molecule has 0 amide bonds. The molecule has 0 aliphatic carbocycles. The van der Waals surface area contributed by atoms with Crippen LogP contribution < -0.4 is 0 Å². The van der Waals surface area contributed by atoms with Crippen LogP contribution in [0.4, 0.5) is 0 Å². The largest absolute Gasteiger partial charge is 0.504 e. The molecule has 1 rings (SSSR count). The third-order valence-electron chi connectivity index (χ3n) is 3.47. The number of hydrogen-bond acceptors (Lipinski definition) is 2. The van der Waals surface area contributed by atoms with Gasteiger partial charge in [-0.25, -0.2) is 0 Å². The summed E-state index contributed by atoms with van der Waals surface area (Å²) in [6.45, 7) is 0. The van der Waals surface area contributed by atoms with Crippen molar-refractivity contribution >= 4 is 31.9 Å². The Bertz CT molecular complexity index is 381. The van der Waals surface area contributed by atoms with E-state index < -0.39 is 0 Å². The molecule has 114 valence electrons. The van der Waals surface area contributed by atoms with E-state index in [9.17, 15) is 10.2 Å². The van der Waals surface area contributed by atoms with Gasteiger partial charge in [-0.05, 0) is 30.9 Å². The van der Waals surface area contributed by atoms with Gasteiger partial charge < -0.3 is 10.2 Å². The maximum absolute atomic E-state index is 9.68. The Kier molecular flexibility index (Phi) is 9.36. The normalized spacial score (nSPS) is 11.2. The monoisotopic (exact) mass is 406 g/mol. The highest BCUT2D eigenvalue weighted by Gasteiger charge is 2.04. The Balaban J connectivity index is 2.01. The summed E-state index contributed by atoms with van der Waals surface area (Å²) in [7, 11) is 0. The SMILES string of the molecule is Oc1cccc(CCCCCCCCCC(Br)Br)c1O. The maximum atomic E-state index is 9.68. The number of hydrogen-bond donors (Lipinski definition) is 2. The molecule has 0 aliphatic rings. The Morgan fingerprint density at radius 2 is 1.45 bits per heavy atom. The van der Waals surface area contributed by atoms with Crippen LogP contribution >= 0.6 is 31.9 Å². The van der Waals surface area contributed by atoms with Gasteiger partial charge in [0.15, 0.2) is 11.5 Å². The minimum atomic E-state index is -0.0145. The molecule has 0 saturated carbocycles. The zero-order valence-corrected chi connectivity index (χ0v) is 15.0. The van der Waals surface area contributed by atoms with E-state index in [-0.39, 0.29) is 11.5 Å². The van der Waals surface area contributed by atoms with E-state index in [0.29, 0.717) is 3.74 Å². The van der Waals surface area contributed by atoms with Gasteiger partial charge in [0, 0.05) is 0 Å². The van der Waals surface area contributed by atoms with Gasteiger partial charge in [-0.1, -0.05) is 82.5 Å². The van der Waals surface area contributed by atoms with Crippen molar-refractivity contribution in [2.45, 2.75) is 61.5 Å². The smallest absolute Gasteiger partial charge is 0.160 e. The number of unbranched alkanes of at least 4 members (excludes halogenated alkanes) is 6. The summed E-state index contributed by atoms with van der Waals surface area (Å²) in [5, 5.41) is 19.1. The highest BCUT2D eigenvalue weighted by atomic mass is 79.9. The van der Waals surface area contributed by atoms with Gasteiger partial charge in [-0.15, -0.1) is 0 Å². The number of rotatable bonds is 10. The molecule has 2 nitrogen and oxygen atoms in total. The first-order valence-electron chi connectivity index (χ1n) is 7.39. The van der Waals surface area contributed by atoms with Crippen molar-refractivity contribution in [2.24, 2.45) is 0 Å². The third kappa shape index (κ3) is 7.53. The van der Waals surface area contributed by atoms with Crippen LogP contribution in [0.3, 0.4) is 0 Å². The summed E-state index contributed by atoms with van der Waals surface area (Å²) >= 11 is 6.98. The van der Waals surface area contributed by atoms with E-state index in [1.165, 1.54) is 51.0 Å². The van der Waals surface area contributed by atoms with Gasteiger partial charge in [-0.2, -0.15) is 0 Å². The molecule has 0 atom stereocenters. The average Bonchev–Trinajstić information content (AvgIpc) is 2.41. The van der Waals surface area contributed by atoms with Gasteiger partial charge in [0.25, 0.3) is 0 Å². The van der Waals surface area contributed by atoms with Gasteiger partial charge in [-0.3, -0.25) is 0 Å². The summed E-state index contributed by atoms with van der Waals surface area (Å²) in [5.74, 6) is 0.0333.